The summed E-state index contributed by atoms with van der Waals surface area (Å²) in [5, 5.41) is 9.23. The Kier molecular flexibility index (Phi) is 1.70. The Morgan fingerprint density at radius 3 is 2.74 bits per heavy atom. The first kappa shape index (κ1) is 11.6. The molecule has 0 aromatic carbocycles. The van der Waals surface area contributed by atoms with E-state index in [9.17, 15) is 14.7 Å². The monoisotopic (exact) mass is 263 g/mol. The number of fused-ring (bicyclic) bond motifs is 4. The van der Waals surface area contributed by atoms with Crippen molar-refractivity contribution in [2.45, 2.75) is 38.0 Å². The molecule has 1 aliphatic carbocycles. The lowest BCUT2D eigenvalue weighted by Gasteiger charge is -2.30. The van der Waals surface area contributed by atoms with E-state index in [-0.39, 0.29) is 30.3 Å². The zero-order valence-corrected chi connectivity index (χ0v) is 11.2. The molecule has 3 fully saturated rings. The van der Waals surface area contributed by atoms with Crippen molar-refractivity contribution in [3.63, 3.8) is 0 Å². The van der Waals surface area contributed by atoms with Crippen molar-refractivity contribution in [3.8, 4) is 0 Å². The Morgan fingerprint density at radius 1 is 1.42 bits per heavy atom. The summed E-state index contributed by atoms with van der Waals surface area (Å²) in [6.45, 7) is 5.34. The van der Waals surface area contributed by atoms with E-state index in [0.717, 1.165) is 0 Å². The fourth-order valence-corrected chi connectivity index (χ4v) is 4.79. The number of imide groups is 1. The molecule has 1 saturated carbocycles. The highest BCUT2D eigenvalue weighted by atomic mass is 16.5. The van der Waals surface area contributed by atoms with Gasteiger partial charge in [-0.15, -0.1) is 0 Å². The Hall–Kier alpha value is -1.20. The summed E-state index contributed by atoms with van der Waals surface area (Å²) in [6.07, 6.45) is 3.92. The fraction of sp³-hybridized carbons (Fsp3) is 0.714. The molecule has 5 nitrogen and oxygen atoms in total. The molecular formula is C14H17NO4. The van der Waals surface area contributed by atoms with E-state index >= 15 is 0 Å². The van der Waals surface area contributed by atoms with Crippen LogP contribution in [0.2, 0.25) is 0 Å². The second-order valence-corrected chi connectivity index (χ2v) is 6.60. The lowest BCUT2D eigenvalue weighted by atomic mass is 9.79. The normalized spacial score (nSPS) is 54.6. The van der Waals surface area contributed by atoms with Crippen molar-refractivity contribution in [2.24, 2.45) is 17.3 Å². The molecule has 2 bridgehead atoms. The van der Waals surface area contributed by atoms with Gasteiger partial charge in [-0.2, -0.15) is 0 Å². The van der Waals surface area contributed by atoms with Gasteiger partial charge in [0, 0.05) is 5.92 Å². The smallest absolute Gasteiger partial charge is 0.240 e. The Labute approximate surface area is 111 Å². The standard InChI is InChI=1S/C14H17NO4/c1-7(6-16)15-10(17)8-9-12(2)4-5-13(3,19-12)14(8,9)11(15)18/h4-5,7-9,16H,6H2,1-3H3. The number of amides is 2. The van der Waals surface area contributed by atoms with Gasteiger partial charge in [0.25, 0.3) is 0 Å². The lowest BCUT2D eigenvalue weighted by molar-refractivity contribution is -0.147. The van der Waals surface area contributed by atoms with Crippen LogP contribution in [-0.4, -0.2) is 45.7 Å². The third kappa shape index (κ3) is 0.876. The van der Waals surface area contributed by atoms with Crippen molar-refractivity contribution in [3.05, 3.63) is 12.2 Å². The molecule has 4 rings (SSSR count). The average Bonchev–Trinajstić information content (AvgIpc) is 2.86. The number of likely N-dealkylation sites (tertiary alicyclic amines) is 1. The quantitative estimate of drug-likeness (QED) is 0.566. The van der Waals surface area contributed by atoms with Gasteiger partial charge >= 0.3 is 0 Å². The van der Waals surface area contributed by atoms with Crippen LogP contribution < -0.4 is 0 Å². The zero-order chi connectivity index (χ0) is 13.8. The lowest BCUT2D eigenvalue weighted by Crippen LogP contribution is -2.48. The summed E-state index contributed by atoms with van der Waals surface area (Å²) in [7, 11) is 0. The van der Waals surface area contributed by atoms with Crippen LogP contribution in [0.1, 0.15) is 20.8 Å². The minimum Gasteiger partial charge on any atom is -0.394 e. The Morgan fingerprint density at radius 2 is 2.11 bits per heavy atom. The van der Waals surface area contributed by atoms with Gasteiger partial charge in [0.1, 0.15) is 11.0 Å². The predicted octanol–water partition coefficient (Wildman–Crippen LogP) is 0.0858. The maximum Gasteiger partial charge on any atom is 0.240 e. The third-order valence-corrected chi connectivity index (χ3v) is 5.59. The van der Waals surface area contributed by atoms with Gasteiger partial charge in [-0.25, -0.2) is 0 Å². The second kappa shape index (κ2) is 2.79. The number of piperidine rings is 1. The van der Waals surface area contributed by atoms with E-state index in [1.807, 2.05) is 26.0 Å². The summed E-state index contributed by atoms with van der Waals surface area (Å²) in [6, 6.07) is -0.456. The molecule has 19 heavy (non-hydrogen) atoms. The number of hydrogen-bond acceptors (Lipinski definition) is 4. The molecule has 3 heterocycles. The minimum absolute atomic E-state index is 0.0304. The molecule has 2 amide bonds. The van der Waals surface area contributed by atoms with Crippen LogP contribution in [0.3, 0.4) is 0 Å². The SMILES string of the molecule is CC(CO)N1C(=O)C2C3C4(C)C=CC(C)(O4)C23C1=O. The van der Waals surface area contributed by atoms with Crippen LogP contribution >= 0.6 is 0 Å². The first-order valence-corrected chi connectivity index (χ1v) is 6.72. The number of aliphatic hydroxyl groups is 1. The summed E-state index contributed by atoms with van der Waals surface area (Å²) >= 11 is 0. The molecule has 6 unspecified atom stereocenters. The fourth-order valence-electron chi connectivity index (χ4n) is 4.79. The van der Waals surface area contributed by atoms with Gasteiger partial charge in [0.05, 0.1) is 24.2 Å². The molecule has 0 radical (unpaired) electrons. The molecule has 2 saturated heterocycles. The number of ether oxygens (including phenoxy) is 1. The number of hydrogen-bond donors (Lipinski definition) is 1. The predicted molar refractivity (Wildman–Crippen MR) is 64.8 cm³/mol. The van der Waals surface area contributed by atoms with Gasteiger partial charge in [-0.3, -0.25) is 14.5 Å². The van der Waals surface area contributed by atoms with Crippen LogP contribution in [0.5, 0.6) is 0 Å². The van der Waals surface area contributed by atoms with Crippen molar-refractivity contribution >= 4 is 11.8 Å². The molecule has 6 atom stereocenters. The van der Waals surface area contributed by atoms with Gasteiger partial charge in [-0.05, 0) is 20.8 Å². The molecule has 102 valence electrons. The molecule has 1 spiro atoms. The number of aliphatic hydroxyl groups excluding tert-OH is 1. The first-order chi connectivity index (χ1) is 8.83. The van der Waals surface area contributed by atoms with E-state index in [1.54, 1.807) is 6.92 Å². The highest BCUT2D eigenvalue weighted by molar-refractivity contribution is 6.14. The number of carbonyl (C=O) groups excluding carboxylic acids is 2. The van der Waals surface area contributed by atoms with Gasteiger partial charge in [0.2, 0.25) is 11.8 Å². The molecule has 1 N–H and O–H groups in total. The zero-order valence-electron chi connectivity index (χ0n) is 11.2. The van der Waals surface area contributed by atoms with Crippen LogP contribution in [0, 0.1) is 17.3 Å². The number of nitrogens with zero attached hydrogens (tertiary/aromatic N) is 1. The van der Waals surface area contributed by atoms with Gasteiger partial charge in [0.15, 0.2) is 0 Å². The molecular weight excluding hydrogens is 246 g/mol. The first-order valence-electron chi connectivity index (χ1n) is 6.72. The summed E-state index contributed by atoms with van der Waals surface area (Å²) < 4.78 is 6.02. The van der Waals surface area contributed by atoms with Crippen LogP contribution in [0.25, 0.3) is 0 Å². The third-order valence-electron chi connectivity index (χ3n) is 5.59. The maximum atomic E-state index is 12.8. The second-order valence-electron chi connectivity index (χ2n) is 6.60. The molecule has 0 aromatic heterocycles. The van der Waals surface area contributed by atoms with E-state index in [2.05, 4.69) is 0 Å². The highest BCUT2D eigenvalue weighted by Gasteiger charge is 2.94. The summed E-state index contributed by atoms with van der Waals surface area (Å²) in [5.74, 6) is -0.601. The Bertz CT molecular complexity index is 558. The van der Waals surface area contributed by atoms with Gasteiger partial charge in [-0.1, -0.05) is 12.2 Å². The van der Waals surface area contributed by atoms with Crippen LogP contribution in [0.4, 0.5) is 0 Å². The maximum absolute atomic E-state index is 12.8. The van der Waals surface area contributed by atoms with Crippen molar-refractivity contribution in [1.29, 1.82) is 0 Å². The topological polar surface area (TPSA) is 66.8 Å². The number of rotatable bonds is 2. The molecule has 0 aromatic rings. The van der Waals surface area contributed by atoms with Crippen molar-refractivity contribution < 1.29 is 19.4 Å². The summed E-state index contributed by atoms with van der Waals surface area (Å²) in [5.41, 5.74) is -1.87. The Balaban J connectivity index is 1.83. The van der Waals surface area contributed by atoms with Crippen molar-refractivity contribution in [2.75, 3.05) is 6.61 Å². The molecule has 4 aliphatic rings. The van der Waals surface area contributed by atoms with Crippen molar-refractivity contribution in [1.82, 2.24) is 4.90 Å². The summed E-state index contributed by atoms with van der Waals surface area (Å²) in [4.78, 5) is 26.5. The number of carbonyl (C=O) groups is 2. The van der Waals surface area contributed by atoms with E-state index in [1.165, 1.54) is 4.90 Å². The average molecular weight is 263 g/mol. The van der Waals surface area contributed by atoms with Gasteiger partial charge < -0.3 is 9.84 Å². The minimum atomic E-state index is -0.711. The largest absolute Gasteiger partial charge is 0.394 e. The van der Waals surface area contributed by atoms with Crippen LogP contribution in [0.15, 0.2) is 12.2 Å². The molecule has 3 aliphatic heterocycles. The van der Waals surface area contributed by atoms with Crippen LogP contribution in [-0.2, 0) is 14.3 Å². The van der Waals surface area contributed by atoms with E-state index in [0.29, 0.717) is 0 Å². The van der Waals surface area contributed by atoms with E-state index < -0.39 is 22.7 Å². The molecule has 5 heteroatoms. The van der Waals surface area contributed by atoms with E-state index in [4.69, 9.17) is 4.74 Å². The highest BCUT2D eigenvalue weighted by Crippen LogP contribution is 2.81.